The fourth-order valence-electron chi connectivity index (χ4n) is 2.14. The number of fused-ring (bicyclic) bond motifs is 1. The second-order valence-corrected chi connectivity index (χ2v) is 5.03. The van der Waals surface area contributed by atoms with Crippen molar-refractivity contribution < 1.29 is 9.53 Å². The van der Waals surface area contributed by atoms with Gasteiger partial charge in [-0.3, -0.25) is 4.79 Å². The number of anilines is 1. The minimum atomic E-state index is 0.0288. The summed E-state index contributed by atoms with van der Waals surface area (Å²) in [6, 6.07) is 5.96. The molecule has 0 aliphatic carbocycles. The predicted molar refractivity (Wildman–Crippen MR) is 71.9 cm³/mol. The molecule has 0 saturated heterocycles. The van der Waals surface area contributed by atoms with Gasteiger partial charge in [0.05, 0.1) is 5.69 Å². The second-order valence-electron chi connectivity index (χ2n) is 5.03. The molecule has 0 radical (unpaired) electrons. The molecule has 98 valence electrons. The van der Waals surface area contributed by atoms with E-state index in [2.05, 4.69) is 13.8 Å². The molecule has 1 aliphatic heterocycles. The van der Waals surface area contributed by atoms with Gasteiger partial charge in [0.15, 0.2) is 6.61 Å². The highest BCUT2D eigenvalue weighted by atomic mass is 16.5. The van der Waals surface area contributed by atoms with E-state index in [9.17, 15) is 4.79 Å². The zero-order chi connectivity index (χ0) is 13.1. The topological polar surface area (TPSA) is 55.6 Å². The van der Waals surface area contributed by atoms with Crippen LogP contribution >= 0.6 is 0 Å². The zero-order valence-electron chi connectivity index (χ0n) is 11.0. The lowest BCUT2D eigenvalue weighted by Crippen LogP contribution is -2.41. The van der Waals surface area contributed by atoms with Crippen molar-refractivity contribution >= 4 is 11.6 Å². The second kappa shape index (κ2) is 5.40. The number of benzene rings is 1. The van der Waals surface area contributed by atoms with Gasteiger partial charge in [0.1, 0.15) is 5.75 Å². The van der Waals surface area contributed by atoms with Crippen LogP contribution in [-0.4, -0.2) is 25.6 Å². The molecule has 0 saturated carbocycles. The fourth-order valence-corrected chi connectivity index (χ4v) is 2.14. The van der Waals surface area contributed by atoms with E-state index >= 15 is 0 Å². The molecule has 0 atom stereocenters. The van der Waals surface area contributed by atoms with E-state index in [4.69, 9.17) is 10.5 Å². The molecule has 1 aromatic carbocycles. The monoisotopic (exact) mass is 248 g/mol. The molecular weight excluding hydrogens is 228 g/mol. The van der Waals surface area contributed by atoms with Crippen LogP contribution in [-0.2, 0) is 11.2 Å². The van der Waals surface area contributed by atoms with Gasteiger partial charge >= 0.3 is 0 Å². The Morgan fingerprint density at radius 3 is 2.89 bits per heavy atom. The molecule has 0 fully saturated rings. The fraction of sp³-hybridized carbons (Fsp3) is 0.500. The Kier molecular flexibility index (Phi) is 3.87. The first-order chi connectivity index (χ1) is 8.61. The first-order valence-electron chi connectivity index (χ1n) is 6.38. The standard InChI is InChI=1S/C14H20N2O2/c1-10(2)8-16-12-7-11(5-6-15)3-4-13(12)18-9-14(16)17/h3-4,7,10H,5-6,8-9,15H2,1-2H3. The summed E-state index contributed by atoms with van der Waals surface area (Å²) in [7, 11) is 0. The van der Waals surface area contributed by atoms with Gasteiger partial charge in [-0.2, -0.15) is 0 Å². The molecule has 4 nitrogen and oxygen atoms in total. The lowest BCUT2D eigenvalue weighted by molar-refractivity contribution is -0.121. The van der Waals surface area contributed by atoms with E-state index in [-0.39, 0.29) is 12.5 Å². The van der Waals surface area contributed by atoms with E-state index in [1.165, 1.54) is 0 Å². The van der Waals surface area contributed by atoms with Gasteiger partial charge in [0.2, 0.25) is 0 Å². The van der Waals surface area contributed by atoms with Gasteiger partial charge in [0.25, 0.3) is 5.91 Å². The average Bonchev–Trinajstić information content (AvgIpc) is 2.33. The molecule has 1 aliphatic rings. The molecule has 0 spiro atoms. The van der Waals surface area contributed by atoms with Gasteiger partial charge < -0.3 is 15.4 Å². The van der Waals surface area contributed by atoms with E-state index < -0.39 is 0 Å². The summed E-state index contributed by atoms with van der Waals surface area (Å²) >= 11 is 0. The third-order valence-electron chi connectivity index (χ3n) is 2.95. The Balaban J connectivity index is 2.33. The molecule has 1 amide bonds. The summed E-state index contributed by atoms with van der Waals surface area (Å²) in [5.41, 5.74) is 7.59. The molecule has 2 N–H and O–H groups in total. The largest absolute Gasteiger partial charge is 0.482 e. The van der Waals surface area contributed by atoms with Crippen molar-refractivity contribution in [1.82, 2.24) is 0 Å². The Labute approximate surface area is 108 Å². The third kappa shape index (κ3) is 2.64. The number of carbonyl (C=O) groups excluding carboxylic acids is 1. The van der Waals surface area contributed by atoms with Crippen LogP contribution in [0.4, 0.5) is 5.69 Å². The van der Waals surface area contributed by atoms with E-state index in [0.29, 0.717) is 12.5 Å². The van der Waals surface area contributed by atoms with Gasteiger partial charge in [-0.1, -0.05) is 19.9 Å². The molecule has 1 heterocycles. The van der Waals surface area contributed by atoms with Crippen molar-refractivity contribution in [3.63, 3.8) is 0 Å². The smallest absolute Gasteiger partial charge is 0.265 e. The maximum Gasteiger partial charge on any atom is 0.265 e. The van der Waals surface area contributed by atoms with Crippen molar-refractivity contribution in [2.45, 2.75) is 20.3 Å². The number of nitrogens with two attached hydrogens (primary N) is 1. The summed E-state index contributed by atoms with van der Waals surface area (Å²) in [6.45, 7) is 5.67. The van der Waals surface area contributed by atoms with Gasteiger partial charge in [0, 0.05) is 6.54 Å². The van der Waals surface area contributed by atoms with Crippen LogP contribution in [0, 0.1) is 5.92 Å². The van der Waals surface area contributed by atoms with Gasteiger partial charge in [-0.15, -0.1) is 0 Å². The highest BCUT2D eigenvalue weighted by Gasteiger charge is 2.26. The zero-order valence-corrected chi connectivity index (χ0v) is 11.0. The summed E-state index contributed by atoms with van der Waals surface area (Å²) in [5.74, 6) is 1.25. The number of ether oxygens (including phenoxy) is 1. The molecule has 0 aromatic heterocycles. The van der Waals surface area contributed by atoms with Gasteiger partial charge in [-0.25, -0.2) is 0 Å². The van der Waals surface area contributed by atoms with E-state index in [0.717, 1.165) is 30.0 Å². The number of carbonyl (C=O) groups is 1. The molecule has 1 aromatic rings. The van der Waals surface area contributed by atoms with Crippen molar-refractivity contribution in [2.24, 2.45) is 11.7 Å². The third-order valence-corrected chi connectivity index (χ3v) is 2.95. The molecule has 0 bridgehead atoms. The molecule has 2 rings (SSSR count). The van der Waals surface area contributed by atoms with Crippen LogP contribution in [0.1, 0.15) is 19.4 Å². The summed E-state index contributed by atoms with van der Waals surface area (Å²) in [6.07, 6.45) is 0.816. The summed E-state index contributed by atoms with van der Waals surface area (Å²) in [5, 5.41) is 0. The van der Waals surface area contributed by atoms with Crippen molar-refractivity contribution in [3.8, 4) is 5.75 Å². The predicted octanol–water partition coefficient (Wildman–Crippen LogP) is 1.57. The quantitative estimate of drug-likeness (QED) is 0.880. The molecule has 4 heteroatoms. The summed E-state index contributed by atoms with van der Waals surface area (Å²) < 4.78 is 5.46. The lowest BCUT2D eigenvalue weighted by Gasteiger charge is -2.31. The first kappa shape index (κ1) is 12.9. The lowest BCUT2D eigenvalue weighted by atomic mass is 10.1. The van der Waals surface area contributed by atoms with Crippen molar-refractivity contribution in [1.29, 1.82) is 0 Å². The highest BCUT2D eigenvalue weighted by molar-refractivity contribution is 5.97. The van der Waals surface area contributed by atoms with Crippen LogP contribution < -0.4 is 15.4 Å². The van der Waals surface area contributed by atoms with Crippen molar-refractivity contribution in [2.75, 3.05) is 24.6 Å². The minimum Gasteiger partial charge on any atom is -0.482 e. The van der Waals surface area contributed by atoms with Crippen LogP contribution in [0.5, 0.6) is 5.75 Å². The van der Waals surface area contributed by atoms with Crippen LogP contribution in [0.2, 0.25) is 0 Å². The highest BCUT2D eigenvalue weighted by Crippen LogP contribution is 2.33. The van der Waals surface area contributed by atoms with E-state index in [1.807, 2.05) is 23.1 Å². The van der Waals surface area contributed by atoms with Crippen LogP contribution in [0.15, 0.2) is 18.2 Å². The average molecular weight is 248 g/mol. The Bertz CT molecular complexity index is 443. The normalized spacial score (nSPS) is 14.7. The molecular formula is C14H20N2O2. The SMILES string of the molecule is CC(C)CN1C(=O)COc2ccc(CCN)cc21. The molecule has 18 heavy (non-hydrogen) atoms. The van der Waals surface area contributed by atoms with Crippen LogP contribution in [0.25, 0.3) is 0 Å². The first-order valence-corrected chi connectivity index (χ1v) is 6.38. The number of hydrogen-bond donors (Lipinski definition) is 1. The molecule has 0 unspecified atom stereocenters. The number of hydrogen-bond acceptors (Lipinski definition) is 3. The van der Waals surface area contributed by atoms with E-state index in [1.54, 1.807) is 0 Å². The summed E-state index contributed by atoms with van der Waals surface area (Å²) in [4.78, 5) is 13.8. The maximum absolute atomic E-state index is 11.9. The van der Waals surface area contributed by atoms with Crippen molar-refractivity contribution in [3.05, 3.63) is 23.8 Å². The number of amides is 1. The van der Waals surface area contributed by atoms with Crippen LogP contribution in [0.3, 0.4) is 0 Å². The Morgan fingerprint density at radius 1 is 1.44 bits per heavy atom. The number of rotatable bonds is 4. The Hall–Kier alpha value is -1.55. The number of nitrogens with zero attached hydrogens (tertiary/aromatic N) is 1. The maximum atomic E-state index is 11.9. The minimum absolute atomic E-state index is 0.0288. The van der Waals surface area contributed by atoms with Gasteiger partial charge in [-0.05, 0) is 36.6 Å². The Morgan fingerprint density at radius 2 is 2.22 bits per heavy atom.